The lowest BCUT2D eigenvalue weighted by atomic mass is 10.1. The number of amidine groups is 1. The molecule has 1 atom stereocenters. The van der Waals surface area contributed by atoms with Crippen molar-refractivity contribution >= 4 is 34.2 Å². The van der Waals surface area contributed by atoms with Gasteiger partial charge in [-0.15, -0.1) is 0 Å². The molecule has 0 fully saturated rings. The van der Waals surface area contributed by atoms with Crippen molar-refractivity contribution in [3.8, 4) is 0 Å². The minimum absolute atomic E-state index is 0.594. The van der Waals surface area contributed by atoms with Crippen molar-refractivity contribution in [2.24, 2.45) is 10.9 Å². The van der Waals surface area contributed by atoms with E-state index in [0.717, 1.165) is 28.0 Å². The summed E-state index contributed by atoms with van der Waals surface area (Å²) in [6, 6.07) is 5.90. The van der Waals surface area contributed by atoms with Crippen molar-refractivity contribution in [1.82, 2.24) is 0 Å². The molecule has 1 N–H and O–H groups in total. The van der Waals surface area contributed by atoms with Gasteiger partial charge in [-0.25, -0.2) is 0 Å². The molecule has 0 spiro atoms. The molecule has 0 amide bonds. The molecule has 1 heterocycles. The zero-order chi connectivity index (χ0) is 12.4. The average molecular weight is 269 g/mol. The van der Waals surface area contributed by atoms with Gasteiger partial charge in [-0.1, -0.05) is 43.3 Å². The monoisotopic (exact) mass is 268 g/mol. The van der Waals surface area contributed by atoms with Gasteiger partial charge in [-0.05, 0) is 30.5 Å². The van der Waals surface area contributed by atoms with Crippen LogP contribution in [0.2, 0.25) is 5.02 Å². The number of thioether (sulfide) groups is 1. The van der Waals surface area contributed by atoms with Crippen LogP contribution in [0.25, 0.3) is 0 Å². The van der Waals surface area contributed by atoms with Crippen LogP contribution in [-0.2, 0) is 0 Å². The summed E-state index contributed by atoms with van der Waals surface area (Å²) in [7, 11) is 0. The highest BCUT2D eigenvalue weighted by molar-refractivity contribution is 8.15. The zero-order valence-electron chi connectivity index (χ0n) is 10.3. The predicted octanol–water partition coefficient (Wildman–Crippen LogP) is 4.19. The fourth-order valence-corrected chi connectivity index (χ4v) is 2.87. The summed E-state index contributed by atoms with van der Waals surface area (Å²) in [5.74, 6) is 0.656. The molecule has 0 radical (unpaired) electrons. The number of rotatable bonds is 2. The lowest BCUT2D eigenvalue weighted by Crippen LogP contribution is -2.13. The van der Waals surface area contributed by atoms with Crippen molar-refractivity contribution < 1.29 is 0 Å². The van der Waals surface area contributed by atoms with Gasteiger partial charge in [0.25, 0.3) is 0 Å². The maximum absolute atomic E-state index is 6.09. The lowest BCUT2D eigenvalue weighted by Gasteiger charge is -2.13. The van der Waals surface area contributed by atoms with Crippen LogP contribution in [0.5, 0.6) is 0 Å². The van der Waals surface area contributed by atoms with Gasteiger partial charge in [0.15, 0.2) is 5.17 Å². The van der Waals surface area contributed by atoms with Crippen molar-refractivity contribution in [3.05, 3.63) is 28.8 Å². The molecule has 2 rings (SSSR count). The average Bonchev–Trinajstić information content (AvgIpc) is 2.73. The van der Waals surface area contributed by atoms with E-state index in [0.29, 0.717) is 11.2 Å². The minimum atomic E-state index is 0.594. The van der Waals surface area contributed by atoms with E-state index in [2.05, 4.69) is 24.2 Å². The predicted molar refractivity (Wildman–Crippen MR) is 78.3 cm³/mol. The molecule has 1 aliphatic rings. The van der Waals surface area contributed by atoms with E-state index in [1.54, 1.807) is 0 Å². The first-order valence-corrected chi connectivity index (χ1v) is 7.07. The number of hydrogen-bond donors (Lipinski definition) is 1. The summed E-state index contributed by atoms with van der Waals surface area (Å²) in [6.07, 6.45) is 0. The molecule has 1 aliphatic heterocycles. The summed E-state index contributed by atoms with van der Waals surface area (Å²) < 4.78 is 0. The van der Waals surface area contributed by atoms with E-state index < -0.39 is 0 Å². The Morgan fingerprint density at radius 1 is 1.47 bits per heavy atom. The number of hydrogen-bond acceptors (Lipinski definition) is 3. The van der Waals surface area contributed by atoms with Crippen LogP contribution in [0.4, 0.5) is 5.69 Å². The molecule has 0 bridgehead atoms. The highest BCUT2D eigenvalue weighted by Gasteiger charge is 2.22. The third kappa shape index (κ3) is 2.96. The molecule has 92 valence electrons. The molecular formula is C13H17ClN2S. The highest BCUT2D eigenvalue weighted by atomic mass is 35.5. The summed E-state index contributed by atoms with van der Waals surface area (Å²) >= 11 is 7.92. The van der Waals surface area contributed by atoms with Crippen LogP contribution in [0.15, 0.2) is 23.2 Å². The number of nitrogens with zero attached hydrogens (tertiary/aromatic N) is 1. The van der Waals surface area contributed by atoms with Crippen molar-refractivity contribution in [3.63, 3.8) is 0 Å². The summed E-state index contributed by atoms with van der Waals surface area (Å²) in [4.78, 5) is 4.53. The molecule has 2 nitrogen and oxygen atoms in total. The van der Waals surface area contributed by atoms with Gasteiger partial charge in [-0.2, -0.15) is 0 Å². The van der Waals surface area contributed by atoms with Gasteiger partial charge in [0, 0.05) is 16.0 Å². The smallest absolute Gasteiger partial charge is 0.161 e. The third-order valence-corrected chi connectivity index (χ3v) is 4.79. The number of aliphatic imine (C=N–C) groups is 1. The molecule has 0 saturated carbocycles. The topological polar surface area (TPSA) is 24.4 Å². The summed E-state index contributed by atoms with van der Waals surface area (Å²) in [5.41, 5.74) is 2.12. The number of nitrogens with one attached hydrogen (secondary N) is 1. The first-order valence-electron chi connectivity index (χ1n) is 5.81. The maximum atomic E-state index is 6.09. The van der Waals surface area contributed by atoms with Crippen LogP contribution in [0.1, 0.15) is 19.4 Å². The Kier molecular flexibility index (Phi) is 4.00. The quantitative estimate of drug-likeness (QED) is 0.870. The Morgan fingerprint density at radius 2 is 2.24 bits per heavy atom. The van der Waals surface area contributed by atoms with Gasteiger partial charge in [0.2, 0.25) is 0 Å². The molecule has 0 saturated heterocycles. The van der Waals surface area contributed by atoms with Crippen molar-refractivity contribution in [1.29, 1.82) is 0 Å². The van der Waals surface area contributed by atoms with Crippen molar-refractivity contribution in [2.45, 2.75) is 26.0 Å². The Morgan fingerprint density at radius 3 is 2.88 bits per heavy atom. The Balaban J connectivity index is 2.06. The number of anilines is 1. The molecule has 4 heteroatoms. The molecule has 1 unspecified atom stereocenters. The molecule has 0 aliphatic carbocycles. The summed E-state index contributed by atoms with van der Waals surface area (Å²) in [6.45, 7) is 7.40. The van der Waals surface area contributed by atoms with Crippen LogP contribution in [0.3, 0.4) is 0 Å². The van der Waals surface area contributed by atoms with Gasteiger partial charge < -0.3 is 5.32 Å². The standard InChI is InChI=1S/C13H17ClN2S/c1-8(2)12-7-15-13(17-12)16-11-6-4-5-10(14)9(11)3/h4-6,8,12H,7H2,1-3H3,(H,15,16). The van der Waals surface area contributed by atoms with Gasteiger partial charge in [0.05, 0.1) is 6.54 Å². The fourth-order valence-electron chi connectivity index (χ4n) is 1.66. The first kappa shape index (κ1) is 12.8. The van der Waals surface area contributed by atoms with Gasteiger partial charge in [0.1, 0.15) is 0 Å². The number of benzene rings is 1. The second-order valence-corrected chi connectivity index (χ2v) is 6.22. The normalized spacial score (nSPS) is 19.6. The molecule has 1 aromatic carbocycles. The Labute approximate surface area is 112 Å². The lowest BCUT2D eigenvalue weighted by molar-refractivity contribution is 0.621. The van der Waals surface area contributed by atoms with E-state index in [1.165, 1.54) is 0 Å². The van der Waals surface area contributed by atoms with E-state index in [4.69, 9.17) is 11.6 Å². The van der Waals surface area contributed by atoms with Gasteiger partial charge >= 0.3 is 0 Å². The molecule has 1 aromatic rings. The van der Waals surface area contributed by atoms with E-state index >= 15 is 0 Å². The second kappa shape index (κ2) is 5.32. The second-order valence-electron chi connectivity index (χ2n) is 4.58. The van der Waals surface area contributed by atoms with Crippen LogP contribution in [0, 0.1) is 12.8 Å². The fraction of sp³-hybridized carbons (Fsp3) is 0.462. The van der Waals surface area contributed by atoms with Crippen molar-refractivity contribution in [2.75, 3.05) is 11.9 Å². The maximum Gasteiger partial charge on any atom is 0.161 e. The van der Waals surface area contributed by atoms with Crippen LogP contribution < -0.4 is 5.32 Å². The zero-order valence-corrected chi connectivity index (χ0v) is 11.9. The number of halogens is 1. The largest absolute Gasteiger partial charge is 0.335 e. The van der Waals surface area contributed by atoms with E-state index in [1.807, 2.05) is 36.9 Å². The highest BCUT2D eigenvalue weighted by Crippen LogP contribution is 2.30. The van der Waals surface area contributed by atoms with E-state index in [-0.39, 0.29) is 0 Å². The molecule has 17 heavy (non-hydrogen) atoms. The van der Waals surface area contributed by atoms with Crippen LogP contribution in [-0.4, -0.2) is 17.0 Å². The van der Waals surface area contributed by atoms with Crippen LogP contribution >= 0.6 is 23.4 Å². The summed E-state index contributed by atoms with van der Waals surface area (Å²) in [5, 5.41) is 5.76. The minimum Gasteiger partial charge on any atom is -0.335 e. The Hall–Kier alpha value is -0.670. The van der Waals surface area contributed by atoms with Gasteiger partial charge in [-0.3, -0.25) is 4.99 Å². The SMILES string of the molecule is Cc1c(Cl)cccc1NC1=NCC(C(C)C)S1. The third-order valence-electron chi connectivity index (χ3n) is 2.93. The first-order chi connectivity index (χ1) is 8.08. The Bertz CT molecular complexity index is 443. The molecular weight excluding hydrogens is 252 g/mol. The molecule has 0 aromatic heterocycles. The van der Waals surface area contributed by atoms with E-state index in [9.17, 15) is 0 Å².